The Morgan fingerprint density at radius 2 is 1.96 bits per heavy atom. The van der Waals surface area contributed by atoms with Crippen molar-refractivity contribution in [3.05, 3.63) is 53.6 Å². The van der Waals surface area contributed by atoms with E-state index in [0.29, 0.717) is 13.1 Å². The quantitative estimate of drug-likeness (QED) is 0.639. The number of hydrogen-bond donors (Lipinski definition) is 2. The van der Waals surface area contributed by atoms with Gasteiger partial charge in [-0.2, -0.15) is 0 Å². The van der Waals surface area contributed by atoms with Crippen LogP contribution in [0, 0.1) is 0 Å². The molecule has 6 heteroatoms. The molecule has 0 saturated carbocycles. The van der Waals surface area contributed by atoms with E-state index in [1.807, 2.05) is 30.3 Å². The fraction of sp³-hybridized carbons (Fsp3) is 0.350. The van der Waals surface area contributed by atoms with Crippen molar-refractivity contribution in [1.29, 1.82) is 0 Å². The summed E-state index contributed by atoms with van der Waals surface area (Å²) in [4.78, 5) is 4.66. The average Bonchev–Trinajstić information content (AvgIpc) is 3.29. The van der Waals surface area contributed by atoms with E-state index in [0.717, 1.165) is 41.7 Å². The first-order chi connectivity index (χ1) is 12.8. The van der Waals surface area contributed by atoms with Gasteiger partial charge in [0.25, 0.3) is 0 Å². The molecule has 0 aliphatic carbocycles. The van der Waals surface area contributed by atoms with E-state index >= 15 is 0 Å². The molecule has 0 fully saturated rings. The number of hydrogen-bond acceptors (Lipinski definition) is 4. The molecule has 2 aliphatic rings. The van der Waals surface area contributed by atoms with Crippen LogP contribution in [-0.2, 0) is 13.0 Å². The van der Waals surface area contributed by atoms with Crippen LogP contribution in [0.3, 0.4) is 0 Å². The van der Waals surface area contributed by atoms with Gasteiger partial charge in [-0.3, -0.25) is 0 Å². The number of guanidine groups is 1. The Balaban J connectivity index is 1.34. The summed E-state index contributed by atoms with van der Waals surface area (Å²) < 4.78 is 16.7. The van der Waals surface area contributed by atoms with Gasteiger partial charge in [0.15, 0.2) is 17.5 Å². The van der Waals surface area contributed by atoms with Crippen LogP contribution in [0.1, 0.15) is 18.1 Å². The van der Waals surface area contributed by atoms with Crippen LogP contribution < -0.4 is 24.8 Å². The zero-order chi connectivity index (χ0) is 17.8. The third-order valence-electron chi connectivity index (χ3n) is 4.41. The van der Waals surface area contributed by atoms with E-state index in [9.17, 15) is 0 Å². The van der Waals surface area contributed by atoms with Crippen LogP contribution in [-0.4, -0.2) is 31.9 Å². The van der Waals surface area contributed by atoms with Crippen LogP contribution >= 0.6 is 0 Å². The summed E-state index contributed by atoms with van der Waals surface area (Å²) in [5, 5.41) is 6.66. The molecule has 0 saturated heterocycles. The minimum Gasteiger partial charge on any atom is -0.488 e. The van der Waals surface area contributed by atoms with Gasteiger partial charge in [-0.15, -0.1) is 0 Å². The highest BCUT2D eigenvalue weighted by Gasteiger charge is 2.22. The first kappa shape index (κ1) is 16.6. The largest absolute Gasteiger partial charge is 0.488 e. The van der Waals surface area contributed by atoms with Crippen molar-refractivity contribution < 1.29 is 14.2 Å². The van der Waals surface area contributed by atoms with Crippen LogP contribution in [0.2, 0.25) is 0 Å². The Morgan fingerprint density at radius 1 is 1.08 bits per heavy atom. The summed E-state index contributed by atoms with van der Waals surface area (Å²) in [6, 6.07) is 14.1. The Morgan fingerprint density at radius 3 is 2.85 bits per heavy atom. The Kier molecular flexibility index (Phi) is 4.82. The fourth-order valence-corrected chi connectivity index (χ4v) is 3.13. The van der Waals surface area contributed by atoms with Crippen molar-refractivity contribution in [2.45, 2.75) is 26.0 Å². The Labute approximate surface area is 153 Å². The predicted octanol–water partition coefficient (Wildman–Crippen LogP) is 2.47. The highest BCUT2D eigenvalue weighted by atomic mass is 16.7. The van der Waals surface area contributed by atoms with Crippen LogP contribution in [0.25, 0.3) is 0 Å². The maximum Gasteiger partial charge on any atom is 0.231 e. The number of rotatable bonds is 5. The van der Waals surface area contributed by atoms with Crippen LogP contribution in [0.15, 0.2) is 47.5 Å². The van der Waals surface area contributed by atoms with Crippen molar-refractivity contribution in [1.82, 2.24) is 10.6 Å². The monoisotopic (exact) mass is 353 g/mol. The molecule has 0 amide bonds. The molecule has 0 aromatic heterocycles. The first-order valence-corrected chi connectivity index (χ1v) is 8.97. The van der Waals surface area contributed by atoms with Gasteiger partial charge >= 0.3 is 0 Å². The predicted molar refractivity (Wildman–Crippen MR) is 99.9 cm³/mol. The van der Waals surface area contributed by atoms with Gasteiger partial charge < -0.3 is 24.8 Å². The van der Waals surface area contributed by atoms with E-state index in [1.54, 1.807) is 0 Å². The molecule has 1 atom stereocenters. The molecule has 4 rings (SSSR count). The van der Waals surface area contributed by atoms with Crippen LogP contribution in [0.4, 0.5) is 0 Å². The summed E-state index contributed by atoms with van der Waals surface area (Å²) in [6.07, 6.45) is 1.05. The lowest BCUT2D eigenvalue weighted by Gasteiger charge is -2.15. The zero-order valence-corrected chi connectivity index (χ0v) is 14.8. The molecule has 2 heterocycles. The van der Waals surface area contributed by atoms with E-state index < -0.39 is 0 Å². The molecule has 2 N–H and O–H groups in total. The lowest BCUT2D eigenvalue weighted by Crippen LogP contribution is -2.42. The molecule has 0 radical (unpaired) electrons. The highest BCUT2D eigenvalue weighted by molar-refractivity contribution is 5.79. The summed E-state index contributed by atoms with van der Waals surface area (Å²) in [5.74, 6) is 3.35. The Hall–Kier alpha value is -2.89. The molecule has 2 aromatic carbocycles. The van der Waals surface area contributed by atoms with Gasteiger partial charge in [-0.25, -0.2) is 4.99 Å². The maximum absolute atomic E-state index is 5.97. The number of aliphatic imine (C=N–C) groups is 1. The number of nitrogens with zero attached hydrogens (tertiary/aromatic N) is 1. The van der Waals surface area contributed by atoms with E-state index in [2.05, 4.69) is 34.7 Å². The van der Waals surface area contributed by atoms with Crippen molar-refractivity contribution in [3.63, 3.8) is 0 Å². The van der Waals surface area contributed by atoms with Crippen molar-refractivity contribution >= 4 is 5.96 Å². The first-order valence-electron chi connectivity index (χ1n) is 8.97. The number of benzene rings is 2. The summed E-state index contributed by atoms with van der Waals surface area (Å²) in [7, 11) is 0. The van der Waals surface area contributed by atoms with Crippen LogP contribution in [0.5, 0.6) is 17.2 Å². The topological polar surface area (TPSA) is 64.1 Å². The minimum absolute atomic E-state index is 0.127. The number of fused-ring (bicyclic) bond motifs is 2. The second-order valence-corrected chi connectivity index (χ2v) is 6.32. The molecule has 136 valence electrons. The third kappa shape index (κ3) is 3.69. The SMILES string of the molecule is CCNC(=NCc1ccc2c(c1)OCO2)NCC1Cc2ccccc2O1. The third-order valence-corrected chi connectivity index (χ3v) is 4.41. The average molecular weight is 353 g/mol. The summed E-state index contributed by atoms with van der Waals surface area (Å²) >= 11 is 0. The number of ether oxygens (including phenoxy) is 3. The van der Waals surface area contributed by atoms with Crippen molar-refractivity contribution in [2.75, 3.05) is 19.9 Å². The van der Waals surface area contributed by atoms with Crippen molar-refractivity contribution in [3.8, 4) is 17.2 Å². The molecule has 6 nitrogen and oxygen atoms in total. The number of para-hydroxylation sites is 1. The molecular weight excluding hydrogens is 330 g/mol. The molecule has 0 bridgehead atoms. The zero-order valence-electron chi connectivity index (χ0n) is 14.8. The van der Waals surface area contributed by atoms with Gasteiger partial charge in [0.1, 0.15) is 11.9 Å². The minimum atomic E-state index is 0.127. The second-order valence-electron chi connectivity index (χ2n) is 6.32. The van der Waals surface area contributed by atoms with E-state index in [4.69, 9.17) is 14.2 Å². The number of nitrogens with one attached hydrogen (secondary N) is 2. The highest BCUT2D eigenvalue weighted by Crippen LogP contribution is 2.32. The fourth-order valence-electron chi connectivity index (χ4n) is 3.13. The lowest BCUT2D eigenvalue weighted by molar-refractivity contribution is 0.174. The molecule has 1 unspecified atom stereocenters. The van der Waals surface area contributed by atoms with Gasteiger partial charge in [0.05, 0.1) is 13.1 Å². The smallest absolute Gasteiger partial charge is 0.231 e. The normalized spacial score (nSPS) is 17.6. The van der Waals surface area contributed by atoms with Gasteiger partial charge in [-0.05, 0) is 36.2 Å². The standard InChI is InChI=1S/C20H23N3O3/c1-2-21-20(22-11-14-7-8-18-19(9-14)25-13-24-18)23-12-16-10-15-5-3-4-6-17(15)26-16/h3-9,16H,2,10-13H2,1H3,(H2,21,22,23). The molecule has 2 aromatic rings. The summed E-state index contributed by atoms with van der Waals surface area (Å²) in [5.41, 5.74) is 2.34. The lowest BCUT2D eigenvalue weighted by atomic mass is 10.1. The van der Waals surface area contributed by atoms with E-state index in [-0.39, 0.29) is 12.9 Å². The maximum atomic E-state index is 5.97. The summed E-state index contributed by atoms with van der Waals surface area (Å²) in [6.45, 7) is 4.42. The molecule has 26 heavy (non-hydrogen) atoms. The Bertz CT molecular complexity index is 782. The van der Waals surface area contributed by atoms with Gasteiger partial charge in [-0.1, -0.05) is 24.3 Å². The second kappa shape index (κ2) is 7.56. The van der Waals surface area contributed by atoms with Crippen molar-refractivity contribution in [2.24, 2.45) is 4.99 Å². The molecule has 0 spiro atoms. The van der Waals surface area contributed by atoms with Gasteiger partial charge in [0.2, 0.25) is 6.79 Å². The van der Waals surface area contributed by atoms with E-state index in [1.165, 1.54) is 5.56 Å². The molecular formula is C20H23N3O3. The van der Waals surface area contributed by atoms with Gasteiger partial charge in [0, 0.05) is 13.0 Å². The molecule has 2 aliphatic heterocycles.